The molecular formula is C22H26N2O4. The minimum atomic E-state index is -0.212. The normalized spacial score (nSPS) is 10.2. The number of phenols is 1. The molecule has 2 rings (SSSR count). The summed E-state index contributed by atoms with van der Waals surface area (Å²) in [4.78, 5) is 24.2. The van der Waals surface area contributed by atoms with E-state index in [0.717, 1.165) is 11.1 Å². The van der Waals surface area contributed by atoms with Gasteiger partial charge in [0.25, 0.3) is 0 Å². The monoisotopic (exact) mass is 382 g/mol. The van der Waals surface area contributed by atoms with Crippen LogP contribution in [0.1, 0.15) is 36.2 Å². The van der Waals surface area contributed by atoms with Gasteiger partial charge in [-0.1, -0.05) is 23.8 Å². The quantitative estimate of drug-likeness (QED) is 0.350. The first-order valence-corrected chi connectivity index (χ1v) is 9.05. The molecule has 3 N–H and O–H groups in total. The summed E-state index contributed by atoms with van der Waals surface area (Å²) >= 11 is 0. The van der Waals surface area contributed by atoms with Crippen LogP contribution in [0.4, 0.5) is 5.69 Å². The summed E-state index contributed by atoms with van der Waals surface area (Å²) in [5.74, 6) is 0.296. The predicted molar refractivity (Wildman–Crippen MR) is 110 cm³/mol. The van der Waals surface area contributed by atoms with E-state index in [1.54, 1.807) is 42.5 Å². The average Bonchev–Trinajstić information content (AvgIpc) is 2.65. The first-order chi connectivity index (χ1) is 13.4. The summed E-state index contributed by atoms with van der Waals surface area (Å²) in [6.07, 6.45) is 1.84. The fourth-order valence-electron chi connectivity index (χ4n) is 2.62. The van der Waals surface area contributed by atoms with Crippen molar-refractivity contribution in [3.05, 3.63) is 65.2 Å². The van der Waals surface area contributed by atoms with Gasteiger partial charge in [0.1, 0.15) is 0 Å². The third-order valence-corrected chi connectivity index (χ3v) is 3.97. The standard InChI is InChI=1S/C22H26N2O4/c1-15(2)11-22(27)24-18-6-4-5-17(13-18)19(25)9-10-23-14-16-7-8-20(26)21(12-16)28-3/h4-8,11-13,23,26H,9-10,14H2,1-3H3,(H,24,27). The molecule has 0 saturated carbocycles. The lowest BCUT2D eigenvalue weighted by atomic mass is 10.1. The second kappa shape index (κ2) is 10.3. The molecule has 6 nitrogen and oxygen atoms in total. The van der Waals surface area contributed by atoms with Gasteiger partial charge in [-0.05, 0) is 43.7 Å². The summed E-state index contributed by atoms with van der Waals surface area (Å²) in [5.41, 5.74) is 3.01. The number of aromatic hydroxyl groups is 1. The Bertz CT molecular complexity index is 871. The number of methoxy groups -OCH3 is 1. The lowest BCUT2D eigenvalue weighted by molar-refractivity contribution is -0.111. The highest BCUT2D eigenvalue weighted by atomic mass is 16.5. The molecule has 0 aromatic heterocycles. The highest BCUT2D eigenvalue weighted by Crippen LogP contribution is 2.26. The van der Waals surface area contributed by atoms with Gasteiger partial charge in [-0.3, -0.25) is 9.59 Å². The summed E-state index contributed by atoms with van der Waals surface area (Å²) < 4.78 is 5.08. The Kier molecular flexibility index (Phi) is 7.77. The molecule has 148 valence electrons. The average molecular weight is 382 g/mol. The van der Waals surface area contributed by atoms with Crippen molar-refractivity contribution >= 4 is 17.4 Å². The molecule has 0 atom stereocenters. The molecule has 2 aromatic carbocycles. The van der Waals surface area contributed by atoms with Gasteiger partial charge >= 0.3 is 0 Å². The van der Waals surface area contributed by atoms with E-state index in [0.29, 0.717) is 36.5 Å². The molecule has 0 unspecified atom stereocenters. The van der Waals surface area contributed by atoms with Gasteiger partial charge in [-0.25, -0.2) is 0 Å². The number of amides is 1. The van der Waals surface area contributed by atoms with Crippen LogP contribution in [-0.4, -0.2) is 30.5 Å². The molecule has 28 heavy (non-hydrogen) atoms. The number of hydrogen-bond acceptors (Lipinski definition) is 5. The molecule has 0 radical (unpaired) electrons. The van der Waals surface area contributed by atoms with Gasteiger partial charge in [0, 0.05) is 36.8 Å². The Labute approximate surface area is 165 Å². The molecule has 0 aliphatic carbocycles. The van der Waals surface area contributed by atoms with Gasteiger partial charge < -0.3 is 20.5 Å². The van der Waals surface area contributed by atoms with Gasteiger partial charge in [0.05, 0.1) is 7.11 Å². The number of allylic oxidation sites excluding steroid dienone is 1. The maximum absolute atomic E-state index is 12.4. The van der Waals surface area contributed by atoms with Crippen LogP contribution in [0.25, 0.3) is 0 Å². The molecule has 6 heteroatoms. The summed E-state index contributed by atoms with van der Waals surface area (Å²) in [6, 6.07) is 12.1. The number of carbonyl (C=O) groups is 2. The van der Waals surface area contributed by atoms with Crippen LogP contribution in [0, 0.1) is 0 Å². The third-order valence-electron chi connectivity index (χ3n) is 3.97. The molecule has 0 aliphatic rings. The van der Waals surface area contributed by atoms with E-state index in [9.17, 15) is 14.7 Å². The van der Waals surface area contributed by atoms with Crippen molar-refractivity contribution in [3.8, 4) is 11.5 Å². The molecule has 0 bridgehead atoms. The SMILES string of the molecule is COc1cc(CNCCC(=O)c2cccc(NC(=O)C=C(C)C)c2)ccc1O. The van der Waals surface area contributed by atoms with Crippen LogP contribution >= 0.6 is 0 Å². The fraction of sp³-hybridized carbons (Fsp3) is 0.273. The van der Waals surface area contributed by atoms with E-state index in [-0.39, 0.29) is 17.4 Å². The lowest BCUT2D eigenvalue weighted by Gasteiger charge is -2.09. The molecule has 0 saturated heterocycles. The molecule has 2 aromatic rings. The minimum Gasteiger partial charge on any atom is -0.504 e. The molecule has 0 heterocycles. The van der Waals surface area contributed by atoms with Crippen LogP contribution in [0.5, 0.6) is 11.5 Å². The topological polar surface area (TPSA) is 87.7 Å². The van der Waals surface area contributed by atoms with Crippen molar-refractivity contribution in [1.29, 1.82) is 0 Å². The Morgan fingerprint density at radius 2 is 1.93 bits per heavy atom. The molecule has 0 spiro atoms. The zero-order valence-electron chi connectivity index (χ0n) is 16.4. The number of rotatable bonds is 9. The van der Waals surface area contributed by atoms with Crippen molar-refractivity contribution in [2.75, 3.05) is 19.0 Å². The van der Waals surface area contributed by atoms with E-state index >= 15 is 0 Å². The molecular weight excluding hydrogens is 356 g/mol. The van der Waals surface area contributed by atoms with E-state index in [1.807, 2.05) is 13.8 Å². The van der Waals surface area contributed by atoms with Crippen molar-refractivity contribution in [2.24, 2.45) is 0 Å². The van der Waals surface area contributed by atoms with Crippen LogP contribution in [0.15, 0.2) is 54.1 Å². The third kappa shape index (κ3) is 6.55. The lowest BCUT2D eigenvalue weighted by Crippen LogP contribution is -2.18. The predicted octanol–water partition coefficient (Wildman–Crippen LogP) is 3.67. The number of benzene rings is 2. The zero-order chi connectivity index (χ0) is 20.5. The zero-order valence-corrected chi connectivity index (χ0v) is 16.4. The maximum Gasteiger partial charge on any atom is 0.248 e. The Hall–Kier alpha value is -3.12. The molecule has 0 aliphatic heterocycles. The maximum atomic E-state index is 12.4. The Morgan fingerprint density at radius 3 is 2.64 bits per heavy atom. The Balaban J connectivity index is 1.85. The van der Waals surface area contributed by atoms with Gasteiger partial charge in [-0.2, -0.15) is 0 Å². The second-order valence-corrected chi connectivity index (χ2v) is 6.65. The first kappa shape index (κ1) is 21.2. The number of ketones is 1. The van der Waals surface area contributed by atoms with E-state index in [2.05, 4.69) is 10.6 Å². The van der Waals surface area contributed by atoms with Crippen molar-refractivity contribution < 1.29 is 19.4 Å². The number of ether oxygens (including phenoxy) is 1. The summed E-state index contributed by atoms with van der Waals surface area (Å²) in [6.45, 7) is 4.76. The van der Waals surface area contributed by atoms with Gasteiger partial charge in [0.15, 0.2) is 17.3 Å². The summed E-state index contributed by atoms with van der Waals surface area (Å²) in [7, 11) is 1.50. The van der Waals surface area contributed by atoms with Crippen molar-refractivity contribution in [3.63, 3.8) is 0 Å². The number of Topliss-reactive ketones (excluding diaryl/α,β-unsaturated/α-hetero) is 1. The first-order valence-electron chi connectivity index (χ1n) is 9.05. The molecule has 0 fully saturated rings. The van der Waals surface area contributed by atoms with Crippen LogP contribution in [0.2, 0.25) is 0 Å². The number of carbonyl (C=O) groups excluding carboxylic acids is 2. The second-order valence-electron chi connectivity index (χ2n) is 6.65. The van der Waals surface area contributed by atoms with E-state index in [1.165, 1.54) is 13.2 Å². The fourth-order valence-corrected chi connectivity index (χ4v) is 2.62. The van der Waals surface area contributed by atoms with Crippen molar-refractivity contribution in [1.82, 2.24) is 5.32 Å². The van der Waals surface area contributed by atoms with Crippen LogP contribution < -0.4 is 15.4 Å². The number of nitrogens with one attached hydrogen (secondary N) is 2. The van der Waals surface area contributed by atoms with Gasteiger partial charge in [-0.15, -0.1) is 0 Å². The number of hydrogen-bond donors (Lipinski definition) is 3. The number of anilines is 1. The van der Waals surface area contributed by atoms with Crippen LogP contribution in [-0.2, 0) is 11.3 Å². The Morgan fingerprint density at radius 1 is 1.14 bits per heavy atom. The number of phenolic OH excluding ortho intramolecular Hbond substituents is 1. The van der Waals surface area contributed by atoms with E-state index in [4.69, 9.17) is 4.74 Å². The smallest absolute Gasteiger partial charge is 0.248 e. The minimum absolute atomic E-state index is 0.00546. The highest BCUT2D eigenvalue weighted by Gasteiger charge is 2.08. The molecule has 1 amide bonds. The van der Waals surface area contributed by atoms with Gasteiger partial charge in [0.2, 0.25) is 5.91 Å². The van der Waals surface area contributed by atoms with Crippen molar-refractivity contribution in [2.45, 2.75) is 26.8 Å². The summed E-state index contributed by atoms with van der Waals surface area (Å²) in [5, 5.41) is 15.6. The largest absolute Gasteiger partial charge is 0.504 e. The highest BCUT2D eigenvalue weighted by molar-refractivity contribution is 6.01. The van der Waals surface area contributed by atoms with Crippen LogP contribution in [0.3, 0.4) is 0 Å². The van der Waals surface area contributed by atoms with E-state index < -0.39 is 0 Å².